The van der Waals surface area contributed by atoms with E-state index in [0.29, 0.717) is 33.1 Å². The fraction of sp³-hybridized carbons (Fsp3) is 0.222. The first-order chi connectivity index (χ1) is 13.7. The van der Waals surface area contributed by atoms with Gasteiger partial charge >= 0.3 is 0 Å². The molecular formula is C18H17N5O4S2. The van der Waals surface area contributed by atoms with Crippen LogP contribution in [0.5, 0.6) is 5.75 Å². The van der Waals surface area contributed by atoms with Gasteiger partial charge in [-0.15, -0.1) is 0 Å². The molecule has 0 spiro atoms. The van der Waals surface area contributed by atoms with Crippen LogP contribution < -0.4 is 10.1 Å². The van der Waals surface area contributed by atoms with E-state index in [1.165, 1.54) is 37.2 Å². The van der Waals surface area contributed by atoms with Gasteiger partial charge in [0, 0.05) is 17.5 Å². The molecule has 0 atom stereocenters. The number of nitrogens with zero attached hydrogens (tertiary/aromatic N) is 3. The maximum absolute atomic E-state index is 12.3. The minimum absolute atomic E-state index is 0.000917. The van der Waals surface area contributed by atoms with Gasteiger partial charge in [-0.25, -0.2) is 18.4 Å². The Morgan fingerprint density at radius 3 is 2.83 bits per heavy atom. The Kier molecular flexibility index (Phi) is 5.76. The number of carbonyl (C=O) groups excluding carboxylic acids is 1. The first-order valence-corrected chi connectivity index (χ1v) is 11.2. The highest BCUT2D eigenvalue weighted by atomic mass is 32.2. The summed E-state index contributed by atoms with van der Waals surface area (Å²) in [7, 11) is -2.13. The average molecular weight is 431 g/mol. The van der Waals surface area contributed by atoms with E-state index in [1.54, 1.807) is 13.0 Å². The number of nitriles is 1. The highest BCUT2D eigenvalue weighted by Crippen LogP contribution is 2.27. The van der Waals surface area contributed by atoms with Gasteiger partial charge in [0.15, 0.2) is 15.0 Å². The number of benzene rings is 1. The molecule has 150 valence electrons. The number of aromatic amines is 1. The van der Waals surface area contributed by atoms with Crippen LogP contribution in [0.4, 0.5) is 5.69 Å². The number of imidazole rings is 1. The largest absolute Gasteiger partial charge is 0.495 e. The first-order valence-electron chi connectivity index (χ1n) is 8.29. The summed E-state index contributed by atoms with van der Waals surface area (Å²) in [6, 6.07) is 6.42. The number of ether oxygens (including phenoxy) is 1. The van der Waals surface area contributed by atoms with E-state index in [1.807, 2.05) is 6.07 Å². The summed E-state index contributed by atoms with van der Waals surface area (Å²) in [4.78, 5) is 23.8. The van der Waals surface area contributed by atoms with Crippen molar-refractivity contribution in [2.75, 3.05) is 24.4 Å². The molecule has 0 aliphatic carbocycles. The summed E-state index contributed by atoms with van der Waals surface area (Å²) in [5, 5.41) is 12.2. The monoisotopic (exact) mass is 431 g/mol. The van der Waals surface area contributed by atoms with Crippen LogP contribution in [0.25, 0.3) is 11.0 Å². The topological polar surface area (TPSA) is 138 Å². The van der Waals surface area contributed by atoms with Crippen LogP contribution in [0.2, 0.25) is 0 Å². The number of rotatable bonds is 6. The Labute approximate surface area is 171 Å². The molecular weight excluding hydrogens is 414 g/mol. The molecule has 0 radical (unpaired) electrons. The maximum Gasteiger partial charge on any atom is 0.234 e. The lowest BCUT2D eigenvalue weighted by Crippen LogP contribution is -2.14. The highest BCUT2D eigenvalue weighted by Gasteiger charge is 2.16. The van der Waals surface area contributed by atoms with E-state index in [9.17, 15) is 13.2 Å². The molecule has 0 saturated heterocycles. The Balaban J connectivity index is 1.71. The van der Waals surface area contributed by atoms with Gasteiger partial charge in [-0.05, 0) is 25.1 Å². The lowest BCUT2D eigenvalue weighted by Gasteiger charge is -2.10. The Hall–Kier alpha value is -3.10. The van der Waals surface area contributed by atoms with Crippen LogP contribution >= 0.6 is 11.8 Å². The fourth-order valence-electron chi connectivity index (χ4n) is 2.64. The predicted octanol–water partition coefficient (Wildman–Crippen LogP) is 2.28. The minimum Gasteiger partial charge on any atom is -0.495 e. The summed E-state index contributed by atoms with van der Waals surface area (Å²) >= 11 is 1.18. The average Bonchev–Trinajstić information content (AvgIpc) is 3.10. The van der Waals surface area contributed by atoms with E-state index < -0.39 is 9.84 Å². The number of H-pyrrole nitrogens is 1. The van der Waals surface area contributed by atoms with E-state index in [4.69, 9.17) is 10.00 Å². The number of methoxy groups -OCH3 is 1. The number of aromatic nitrogens is 3. The predicted molar refractivity (Wildman–Crippen MR) is 109 cm³/mol. The minimum atomic E-state index is -3.51. The molecule has 0 fully saturated rings. The van der Waals surface area contributed by atoms with Gasteiger partial charge in [0.2, 0.25) is 5.91 Å². The van der Waals surface area contributed by atoms with Crippen molar-refractivity contribution < 1.29 is 17.9 Å². The molecule has 11 heteroatoms. The van der Waals surface area contributed by atoms with Gasteiger partial charge in [-0.1, -0.05) is 11.8 Å². The van der Waals surface area contributed by atoms with Gasteiger partial charge in [0.05, 0.1) is 30.1 Å². The lowest BCUT2D eigenvalue weighted by atomic mass is 10.2. The molecule has 9 nitrogen and oxygen atoms in total. The lowest BCUT2D eigenvalue weighted by molar-refractivity contribution is -0.113. The number of hydrogen-bond acceptors (Lipinski definition) is 8. The number of fused-ring (bicyclic) bond motifs is 1. The van der Waals surface area contributed by atoms with E-state index in [2.05, 4.69) is 20.3 Å². The third-order valence-corrected chi connectivity index (χ3v) is 6.03. The molecule has 0 unspecified atom stereocenters. The second-order valence-corrected chi connectivity index (χ2v) is 9.07. The summed E-state index contributed by atoms with van der Waals surface area (Å²) in [6.07, 6.45) is 2.60. The number of thioether (sulfide) groups is 1. The van der Waals surface area contributed by atoms with Crippen LogP contribution in [0, 0.1) is 18.3 Å². The first kappa shape index (κ1) is 20.6. The second-order valence-electron chi connectivity index (χ2n) is 6.12. The second kappa shape index (κ2) is 8.10. The molecule has 0 aliphatic heterocycles. The molecule has 0 aliphatic rings. The summed E-state index contributed by atoms with van der Waals surface area (Å²) in [6.45, 7) is 1.76. The molecule has 1 aromatic carbocycles. The van der Waals surface area contributed by atoms with Crippen LogP contribution in [0.3, 0.4) is 0 Å². The maximum atomic E-state index is 12.3. The van der Waals surface area contributed by atoms with Crippen molar-refractivity contribution >= 4 is 44.2 Å². The number of anilines is 1. The SMILES string of the molecule is COc1ccc(NC(=O)CSc2nc3c(C)c(C#N)ncc3[nH]2)cc1S(C)(=O)=O. The molecule has 3 rings (SSSR count). The van der Waals surface area contributed by atoms with Crippen molar-refractivity contribution in [1.29, 1.82) is 5.26 Å². The molecule has 0 bridgehead atoms. The van der Waals surface area contributed by atoms with E-state index in [0.717, 1.165) is 6.26 Å². The zero-order valence-corrected chi connectivity index (χ0v) is 17.4. The molecule has 1 amide bonds. The van der Waals surface area contributed by atoms with Crippen LogP contribution in [-0.4, -0.2) is 48.4 Å². The van der Waals surface area contributed by atoms with E-state index >= 15 is 0 Å². The van der Waals surface area contributed by atoms with E-state index in [-0.39, 0.29) is 22.3 Å². The fourth-order valence-corrected chi connectivity index (χ4v) is 4.17. The van der Waals surface area contributed by atoms with Crippen molar-refractivity contribution in [2.24, 2.45) is 0 Å². The number of carbonyl (C=O) groups is 1. The van der Waals surface area contributed by atoms with Gasteiger partial charge in [-0.2, -0.15) is 5.26 Å². The number of sulfone groups is 1. The van der Waals surface area contributed by atoms with Crippen molar-refractivity contribution in [3.63, 3.8) is 0 Å². The normalized spacial score (nSPS) is 11.2. The third-order valence-electron chi connectivity index (χ3n) is 4.04. The highest BCUT2D eigenvalue weighted by molar-refractivity contribution is 7.99. The molecule has 0 saturated carbocycles. The van der Waals surface area contributed by atoms with Crippen molar-refractivity contribution in [2.45, 2.75) is 17.0 Å². The van der Waals surface area contributed by atoms with Gasteiger partial charge < -0.3 is 15.0 Å². The molecule has 2 aromatic heterocycles. The van der Waals surface area contributed by atoms with Gasteiger partial charge in [-0.3, -0.25) is 4.79 Å². The molecule has 3 aromatic rings. The summed E-state index contributed by atoms with van der Waals surface area (Å²) < 4.78 is 28.8. The standard InChI is InChI=1S/C18H17N5O4S2/c1-10-12(7-19)20-8-13-17(10)23-18(22-13)28-9-16(24)21-11-4-5-14(27-2)15(6-11)29(3,25)26/h4-6,8H,9H2,1-3H3,(H,21,24)(H,22,23). The number of amides is 1. The summed E-state index contributed by atoms with van der Waals surface area (Å²) in [5.74, 6) is -0.0621. The van der Waals surface area contributed by atoms with Crippen LogP contribution in [0.15, 0.2) is 34.4 Å². The number of nitrogens with one attached hydrogen (secondary N) is 2. The molecule has 29 heavy (non-hydrogen) atoms. The molecule has 2 heterocycles. The van der Waals surface area contributed by atoms with Crippen molar-refractivity contribution in [3.05, 3.63) is 35.7 Å². The zero-order chi connectivity index (χ0) is 21.2. The van der Waals surface area contributed by atoms with Gasteiger partial charge in [0.1, 0.15) is 22.4 Å². The third kappa shape index (κ3) is 4.49. The zero-order valence-electron chi connectivity index (χ0n) is 15.8. The number of aryl methyl sites for hydroxylation is 1. The van der Waals surface area contributed by atoms with Crippen molar-refractivity contribution in [1.82, 2.24) is 15.0 Å². The summed E-state index contributed by atoms with van der Waals surface area (Å²) in [5.41, 5.74) is 2.63. The van der Waals surface area contributed by atoms with Gasteiger partial charge in [0.25, 0.3) is 0 Å². The number of pyridine rings is 1. The quantitative estimate of drug-likeness (QED) is 0.567. The van der Waals surface area contributed by atoms with Crippen LogP contribution in [-0.2, 0) is 14.6 Å². The Morgan fingerprint density at radius 1 is 1.41 bits per heavy atom. The Bertz CT molecular complexity index is 1250. The smallest absolute Gasteiger partial charge is 0.234 e. The number of hydrogen-bond donors (Lipinski definition) is 2. The Morgan fingerprint density at radius 2 is 2.17 bits per heavy atom. The molecule has 2 N–H and O–H groups in total. The van der Waals surface area contributed by atoms with Crippen LogP contribution in [0.1, 0.15) is 11.3 Å². The van der Waals surface area contributed by atoms with Crippen molar-refractivity contribution in [3.8, 4) is 11.8 Å².